The van der Waals surface area contributed by atoms with Crippen LogP contribution in [0.15, 0.2) is 73.8 Å². The molecular formula is C24H26O3. The topological polar surface area (TPSA) is 34.3 Å². The molecule has 2 aliphatic rings. The lowest BCUT2D eigenvalue weighted by Gasteiger charge is -2.17. The van der Waals surface area contributed by atoms with Crippen molar-refractivity contribution in [1.82, 2.24) is 0 Å². The van der Waals surface area contributed by atoms with Crippen molar-refractivity contribution < 1.29 is 14.2 Å². The minimum Gasteiger partial charge on any atom is -0.375 e. The van der Waals surface area contributed by atoms with E-state index in [1.165, 1.54) is 22.3 Å². The summed E-state index contributed by atoms with van der Waals surface area (Å²) in [5.74, 6) is 0. The highest BCUT2D eigenvalue weighted by Crippen LogP contribution is 2.42. The lowest BCUT2D eigenvalue weighted by Crippen LogP contribution is -2.23. The standard InChI is InChI=1S/C24H26O3/c1-3-5-19-7-11-21(12-8-19)23(17-26-23)15-25-16-24(18-27-24)22-13-9-20(6-4-2)10-14-22/h3-4,7-14H,1-2,5-6,15-18H2. The Balaban J connectivity index is 1.35. The maximum absolute atomic E-state index is 6.07. The molecule has 0 aliphatic carbocycles. The molecule has 2 unspecified atom stereocenters. The SMILES string of the molecule is C=CCc1ccc(C2(COCC3(c4ccc(CC=C)cc4)CO3)CO2)cc1. The third-order valence-electron chi connectivity index (χ3n) is 5.38. The molecule has 0 amide bonds. The summed E-state index contributed by atoms with van der Waals surface area (Å²) in [5, 5.41) is 0. The van der Waals surface area contributed by atoms with Gasteiger partial charge in [-0.05, 0) is 35.1 Å². The summed E-state index contributed by atoms with van der Waals surface area (Å²) in [7, 11) is 0. The van der Waals surface area contributed by atoms with E-state index in [0.717, 1.165) is 12.8 Å². The molecule has 0 radical (unpaired) electrons. The van der Waals surface area contributed by atoms with Crippen LogP contribution in [0.2, 0.25) is 0 Å². The molecule has 2 fully saturated rings. The molecule has 2 heterocycles. The zero-order valence-corrected chi connectivity index (χ0v) is 15.7. The molecule has 3 heteroatoms. The Labute approximate surface area is 161 Å². The van der Waals surface area contributed by atoms with Gasteiger partial charge in [-0.15, -0.1) is 13.2 Å². The van der Waals surface area contributed by atoms with Crippen LogP contribution in [0, 0.1) is 0 Å². The van der Waals surface area contributed by atoms with E-state index in [-0.39, 0.29) is 11.2 Å². The first-order chi connectivity index (χ1) is 13.2. The average Bonchev–Trinajstić information content (AvgIpc) is 3.61. The van der Waals surface area contributed by atoms with E-state index >= 15 is 0 Å². The van der Waals surface area contributed by atoms with E-state index in [4.69, 9.17) is 14.2 Å². The molecule has 0 N–H and O–H groups in total. The summed E-state index contributed by atoms with van der Waals surface area (Å²) < 4.78 is 17.6. The highest BCUT2D eigenvalue weighted by atomic mass is 16.6. The van der Waals surface area contributed by atoms with Gasteiger partial charge in [0.25, 0.3) is 0 Å². The molecule has 0 bridgehead atoms. The average molecular weight is 362 g/mol. The monoisotopic (exact) mass is 362 g/mol. The molecule has 2 aromatic rings. The summed E-state index contributed by atoms with van der Waals surface area (Å²) in [6.07, 6.45) is 5.60. The van der Waals surface area contributed by atoms with Crippen LogP contribution in [-0.4, -0.2) is 26.4 Å². The van der Waals surface area contributed by atoms with Crippen molar-refractivity contribution in [2.75, 3.05) is 26.4 Å². The number of ether oxygens (including phenoxy) is 3. The molecule has 0 saturated carbocycles. The fourth-order valence-corrected chi connectivity index (χ4v) is 3.44. The van der Waals surface area contributed by atoms with Gasteiger partial charge in [0.2, 0.25) is 0 Å². The van der Waals surface area contributed by atoms with Crippen LogP contribution in [0.4, 0.5) is 0 Å². The van der Waals surface area contributed by atoms with Gasteiger partial charge in [-0.2, -0.15) is 0 Å². The lowest BCUT2D eigenvalue weighted by atomic mass is 9.97. The Morgan fingerprint density at radius 1 is 0.741 bits per heavy atom. The van der Waals surface area contributed by atoms with Crippen molar-refractivity contribution in [2.24, 2.45) is 0 Å². The van der Waals surface area contributed by atoms with Crippen molar-refractivity contribution in [3.63, 3.8) is 0 Å². The second-order valence-corrected chi connectivity index (χ2v) is 7.44. The van der Waals surface area contributed by atoms with Gasteiger partial charge >= 0.3 is 0 Å². The van der Waals surface area contributed by atoms with Crippen LogP contribution in [0.3, 0.4) is 0 Å². The van der Waals surface area contributed by atoms with Gasteiger partial charge in [0, 0.05) is 0 Å². The fourth-order valence-electron chi connectivity index (χ4n) is 3.44. The van der Waals surface area contributed by atoms with Crippen molar-refractivity contribution in [3.05, 3.63) is 96.1 Å². The van der Waals surface area contributed by atoms with Gasteiger partial charge in [-0.3, -0.25) is 0 Å². The third-order valence-corrected chi connectivity index (χ3v) is 5.38. The minimum atomic E-state index is -0.295. The zero-order valence-electron chi connectivity index (χ0n) is 15.7. The normalized spacial score (nSPS) is 25.8. The zero-order chi connectivity index (χ0) is 18.7. The maximum Gasteiger partial charge on any atom is 0.140 e. The fraction of sp³-hybridized carbons (Fsp3) is 0.333. The highest BCUT2D eigenvalue weighted by Gasteiger charge is 2.50. The Morgan fingerprint density at radius 3 is 1.41 bits per heavy atom. The molecule has 0 aromatic heterocycles. The van der Waals surface area contributed by atoms with Gasteiger partial charge in [-0.25, -0.2) is 0 Å². The van der Waals surface area contributed by atoms with E-state index in [2.05, 4.69) is 61.7 Å². The summed E-state index contributed by atoms with van der Waals surface area (Å²) in [4.78, 5) is 0. The second-order valence-electron chi connectivity index (χ2n) is 7.44. The van der Waals surface area contributed by atoms with E-state index < -0.39 is 0 Å². The van der Waals surface area contributed by atoms with Crippen LogP contribution in [0.25, 0.3) is 0 Å². The summed E-state index contributed by atoms with van der Waals surface area (Å²) in [6.45, 7) is 10.1. The Bertz CT molecular complexity index is 727. The van der Waals surface area contributed by atoms with Crippen molar-refractivity contribution in [3.8, 4) is 0 Å². The van der Waals surface area contributed by atoms with E-state index in [1.807, 2.05) is 12.2 Å². The third kappa shape index (κ3) is 3.91. The van der Waals surface area contributed by atoms with Crippen molar-refractivity contribution in [2.45, 2.75) is 24.0 Å². The number of benzene rings is 2. The van der Waals surface area contributed by atoms with Gasteiger partial charge in [-0.1, -0.05) is 60.7 Å². The van der Waals surface area contributed by atoms with Crippen molar-refractivity contribution in [1.29, 1.82) is 0 Å². The van der Waals surface area contributed by atoms with E-state index in [0.29, 0.717) is 26.4 Å². The first-order valence-electron chi connectivity index (χ1n) is 9.46. The molecule has 27 heavy (non-hydrogen) atoms. The summed E-state index contributed by atoms with van der Waals surface area (Å²) in [6, 6.07) is 17.1. The highest BCUT2D eigenvalue weighted by molar-refractivity contribution is 5.32. The molecular weight excluding hydrogens is 336 g/mol. The maximum atomic E-state index is 6.07. The number of allylic oxidation sites excluding steroid dienone is 2. The van der Waals surface area contributed by atoms with Crippen LogP contribution in [0.1, 0.15) is 22.3 Å². The molecule has 4 rings (SSSR count). The first kappa shape index (κ1) is 18.2. The smallest absolute Gasteiger partial charge is 0.140 e. The first-order valence-corrected chi connectivity index (χ1v) is 9.46. The summed E-state index contributed by atoms with van der Waals surface area (Å²) in [5.41, 5.74) is 4.28. The van der Waals surface area contributed by atoms with Crippen LogP contribution in [-0.2, 0) is 38.3 Å². The molecule has 2 atom stereocenters. The van der Waals surface area contributed by atoms with Crippen LogP contribution >= 0.6 is 0 Å². The van der Waals surface area contributed by atoms with Crippen molar-refractivity contribution >= 4 is 0 Å². The quantitative estimate of drug-likeness (QED) is 0.466. The Kier molecular flexibility index (Phi) is 5.00. The number of epoxide rings is 2. The van der Waals surface area contributed by atoms with Crippen LogP contribution < -0.4 is 0 Å². The molecule has 2 saturated heterocycles. The van der Waals surface area contributed by atoms with Gasteiger partial charge in [0.05, 0.1) is 26.4 Å². The minimum absolute atomic E-state index is 0.295. The number of hydrogen-bond donors (Lipinski definition) is 0. The molecule has 2 aromatic carbocycles. The largest absolute Gasteiger partial charge is 0.375 e. The predicted molar refractivity (Wildman–Crippen MR) is 107 cm³/mol. The van der Waals surface area contributed by atoms with E-state index in [1.54, 1.807) is 0 Å². The predicted octanol–water partition coefficient (Wildman–Crippen LogP) is 4.31. The Morgan fingerprint density at radius 2 is 1.11 bits per heavy atom. The van der Waals surface area contributed by atoms with Crippen LogP contribution in [0.5, 0.6) is 0 Å². The molecule has 3 nitrogen and oxygen atoms in total. The summed E-state index contributed by atoms with van der Waals surface area (Å²) >= 11 is 0. The van der Waals surface area contributed by atoms with Gasteiger partial charge < -0.3 is 14.2 Å². The van der Waals surface area contributed by atoms with Gasteiger partial charge in [0.1, 0.15) is 11.2 Å². The molecule has 2 aliphatic heterocycles. The molecule has 0 spiro atoms. The van der Waals surface area contributed by atoms with Gasteiger partial charge in [0.15, 0.2) is 0 Å². The number of rotatable bonds is 10. The number of hydrogen-bond acceptors (Lipinski definition) is 3. The molecule has 140 valence electrons. The Hall–Kier alpha value is -2.20. The van der Waals surface area contributed by atoms with E-state index in [9.17, 15) is 0 Å². The second kappa shape index (κ2) is 7.43. The lowest BCUT2D eigenvalue weighted by molar-refractivity contribution is 0.0403.